The molecule has 3 rings (SSSR count). The molecule has 2 amide bonds. The number of hydrogen-bond donors (Lipinski definition) is 2. The lowest BCUT2D eigenvalue weighted by molar-refractivity contribution is 0.122. The molecule has 0 saturated carbocycles. The Balaban J connectivity index is 1.68. The van der Waals surface area contributed by atoms with Crippen LogP contribution in [0.1, 0.15) is 37.7 Å². The molecular weight excluding hydrogens is 354 g/mol. The van der Waals surface area contributed by atoms with Gasteiger partial charge >= 0.3 is 6.03 Å². The Kier molecular flexibility index (Phi) is 5.84. The van der Waals surface area contributed by atoms with Crippen LogP contribution in [0.25, 0.3) is 0 Å². The van der Waals surface area contributed by atoms with E-state index in [2.05, 4.69) is 46.3 Å². The predicted octanol–water partition coefficient (Wildman–Crippen LogP) is 3.87. The van der Waals surface area contributed by atoms with Gasteiger partial charge in [-0.2, -0.15) is 0 Å². The number of hydrogen-bond acceptors (Lipinski definition) is 5. The number of amides is 2. The van der Waals surface area contributed by atoms with Gasteiger partial charge in [-0.3, -0.25) is 0 Å². The molecule has 7 heteroatoms. The molecule has 1 aromatic carbocycles. The van der Waals surface area contributed by atoms with E-state index in [4.69, 9.17) is 4.74 Å². The summed E-state index contributed by atoms with van der Waals surface area (Å²) in [5.74, 6) is 0.682. The van der Waals surface area contributed by atoms with Crippen molar-refractivity contribution in [1.82, 2.24) is 9.97 Å². The number of ether oxygens (including phenoxy) is 1. The van der Waals surface area contributed by atoms with E-state index in [1.54, 1.807) is 0 Å². The van der Waals surface area contributed by atoms with E-state index in [1.807, 2.05) is 38.1 Å². The number of nitrogens with zero attached hydrogens (tertiary/aromatic N) is 3. The summed E-state index contributed by atoms with van der Waals surface area (Å²) in [5, 5.41) is 5.75. The molecule has 7 nitrogen and oxygen atoms in total. The first-order valence-electron chi connectivity index (χ1n) is 9.60. The van der Waals surface area contributed by atoms with Crippen LogP contribution in [-0.2, 0) is 10.2 Å². The largest absolute Gasteiger partial charge is 0.378 e. The molecule has 0 unspecified atom stereocenters. The smallest absolute Gasteiger partial charge is 0.323 e. The summed E-state index contributed by atoms with van der Waals surface area (Å²) >= 11 is 0. The highest BCUT2D eigenvalue weighted by Gasteiger charge is 2.18. The van der Waals surface area contributed by atoms with Gasteiger partial charge in [-0.1, -0.05) is 32.9 Å². The van der Waals surface area contributed by atoms with E-state index in [9.17, 15) is 4.79 Å². The van der Waals surface area contributed by atoms with Gasteiger partial charge in [0.2, 0.25) is 5.95 Å². The number of rotatable bonds is 3. The van der Waals surface area contributed by atoms with Crippen molar-refractivity contribution in [2.75, 3.05) is 41.8 Å². The Hall–Kier alpha value is -2.67. The van der Waals surface area contributed by atoms with Crippen LogP contribution in [0.4, 0.5) is 22.1 Å². The fraction of sp³-hybridized carbons (Fsp3) is 0.476. The Morgan fingerprint density at radius 1 is 1.00 bits per heavy atom. The molecule has 1 aromatic heterocycles. The monoisotopic (exact) mass is 383 g/mol. The molecule has 150 valence electrons. The van der Waals surface area contributed by atoms with Crippen LogP contribution in [0.15, 0.2) is 24.3 Å². The van der Waals surface area contributed by atoms with Crippen molar-refractivity contribution in [3.8, 4) is 0 Å². The number of urea groups is 1. The first-order valence-corrected chi connectivity index (χ1v) is 9.60. The molecule has 2 heterocycles. The lowest BCUT2D eigenvalue weighted by Crippen LogP contribution is -2.37. The van der Waals surface area contributed by atoms with E-state index in [-0.39, 0.29) is 11.4 Å². The van der Waals surface area contributed by atoms with Crippen molar-refractivity contribution >= 4 is 23.4 Å². The number of aryl methyl sites for hydroxylation is 2. The Bertz CT molecular complexity index is 814. The fourth-order valence-corrected chi connectivity index (χ4v) is 3.11. The number of benzene rings is 1. The molecular formula is C21H29N5O2. The van der Waals surface area contributed by atoms with Crippen molar-refractivity contribution in [2.24, 2.45) is 0 Å². The van der Waals surface area contributed by atoms with Crippen LogP contribution in [0.3, 0.4) is 0 Å². The highest BCUT2D eigenvalue weighted by molar-refractivity contribution is 6.00. The molecule has 0 radical (unpaired) electrons. The van der Waals surface area contributed by atoms with Gasteiger partial charge in [-0.15, -0.1) is 0 Å². The highest BCUT2D eigenvalue weighted by atomic mass is 16.5. The molecule has 0 bridgehead atoms. The van der Waals surface area contributed by atoms with Crippen LogP contribution >= 0.6 is 0 Å². The standard InChI is InChI=1S/C21H29N5O2/c1-14-18(15(2)23-19(22-14)26-10-12-28-13-11-26)25-20(27)24-17-8-6-16(7-9-17)21(3,4)5/h6-9H,10-13H2,1-5H3,(H2,24,25,27). The lowest BCUT2D eigenvalue weighted by atomic mass is 9.87. The van der Waals surface area contributed by atoms with E-state index in [0.29, 0.717) is 24.8 Å². The van der Waals surface area contributed by atoms with Gasteiger partial charge in [0.15, 0.2) is 0 Å². The number of morpholine rings is 1. The van der Waals surface area contributed by atoms with Crippen molar-refractivity contribution in [2.45, 2.75) is 40.0 Å². The predicted molar refractivity (Wildman–Crippen MR) is 112 cm³/mol. The summed E-state index contributed by atoms with van der Waals surface area (Å²) < 4.78 is 5.38. The van der Waals surface area contributed by atoms with Crippen LogP contribution in [0.5, 0.6) is 0 Å². The van der Waals surface area contributed by atoms with Gasteiger partial charge in [-0.05, 0) is 37.0 Å². The lowest BCUT2D eigenvalue weighted by Gasteiger charge is -2.27. The highest BCUT2D eigenvalue weighted by Crippen LogP contribution is 2.24. The number of carbonyl (C=O) groups excluding carboxylic acids is 1. The Morgan fingerprint density at radius 3 is 2.11 bits per heavy atom. The maximum Gasteiger partial charge on any atom is 0.323 e. The summed E-state index contributed by atoms with van der Waals surface area (Å²) in [4.78, 5) is 23.7. The van der Waals surface area contributed by atoms with Crippen LogP contribution < -0.4 is 15.5 Å². The Labute approximate surface area is 166 Å². The number of nitrogens with one attached hydrogen (secondary N) is 2. The normalized spacial score (nSPS) is 14.7. The second-order valence-corrected chi connectivity index (χ2v) is 8.08. The average Bonchev–Trinajstić information content (AvgIpc) is 2.65. The summed E-state index contributed by atoms with van der Waals surface area (Å²) in [5.41, 5.74) is 4.17. The second-order valence-electron chi connectivity index (χ2n) is 8.08. The van der Waals surface area contributed by atoms with Crippen LogP contribution in [-0.4, -0.2) is 42.3 Å². The minimum absolute atomic E-state index is 0.0780. The van der Waals surface area contributed by atoms with Crippen molar-refractivity contribution in [3.63, 3.8) is 0 Å². The maximum absolute atomic E-state index is 12.5. The minimum Gasteiger partial charge on any atom is -0.378 e. The van der Waals surface area contributed by atoms with Crippen molar-refractivity contribution in [1.29, 1.82) is 0 Å². The third-order valence-electron chi connectivity index (χ3n) is 4.80. The number of aromatic nitrogens is 2. The van der Waals surface area contributed by atoms with Gasteiger partial charge in [0, 0.05) is 18.8 Å². The van der Waals surface area contributed by atoms with Gasteiger partial charge in [0.1, 0.15) is 0 Å². The van der Waals surface area contributed by atoms with E-state index in [1.165, 1.54) is 5.56 Å². The summed E-state index contributed by atoms with van der Waals surface area (Å²) in [6, 6.07) is 7.59. The van der Waals surface area contributed by atoms with Crippen LogP contribution in [0.2, 0.25) is 0 Å². The third-order valence-corrected chi connectivity index (χ3v) is 4.80. The number of carbonyl (C=O) groups is 1. The van der Waals surface area contributed by atoms with Gasteiger partial charge in [-0.25, -0.2) is 14.8 Å². The summed E-state index contributed by atoms with van der Waals surface area (Å²) in [7, 11) is 0. The van der Waals surface area contributed by atoms with Gasteiger partial charge in [0.05, 0.1) is 30.3 Å². The molecule has 0 atom stereocenters. The maximum atomic E-state index is 12.5. The van der Waals surface area contributed by atoms with E-state index >= 15 is 0 Å². The second kappa shape index (κ2) is 8.14. The minimum atomic E-state index is -0.308. The summed E-state index contributed by atoms with van der Waals surface area (Å²) in [6.07, 6.45) is 0. The fourth-order valence-electron chi connectivity index (χ4n) is 3.11. The van der Waals surface area contributed by atoms with Gasteiger partial charge in [0.25, 0.3) is 0 Å². The van der Waals surface area contributed by atoms with E-state index in [0.717, 1.165) is 30.2 Å². The first-order chi connectivity index (χ1) is 13.2. The van der Waals surface area contributed by atoms with Gasteiger partial charge < -0.3 is 20.3 Å². The molecule has 1 aliphatic heterocycles. The molecule has 2 N–H and O–H groups in total. The Morgan fingerprint density at radius 2 is 1.57 bits per heavy atom. The molecule has 0 spiro atoms. The van der Waals surface area contributed by atoms with Crippen molar-refractivity contribution < 1.29 is 9.53 Å². The quantitative estimate of drug-likeness (QED) is 0.841. The zero-order valence-corrected chi connectivity index (χ0v) is 17.3. The van der Waals surface area contributed by atoms with Crippen LogP contribution in [0, 0.1) is 13.8 Å². The molecule has 1 aliphatic rings. The SMILES string of the molecule is Cc1nc(N2CCOCC2)nc(C)c1NC(=O)Nc1ccc(C(C)(C)C)cc1. The topological polar surface area (TPSA) is 79.4 Å². The molecule has 1 fully saturated rings. The number of anilines is 3. The molecule has 2 aromatic rings. The first kappa shape index (κ1) is 20.1. The summed E-state index contributed by atoms with van der Waals surface area (Å²) in [6.45, 7) is 13.2. The van der Waals surface area contributed by atoms with Crippen molar-refractivity contribution in [3.05, 3.63) is 41.2 Å². The zero-order chi connectivity index (χ0) is 20.3. The zero-order valence-electron chi connectivity index (χ0n) is 17.3. The molecule has 1 saturated heterocycles. The molecule has 0 aliphatic carbocycles. The van der Waals surface area contributed by atoms with E-state index < -0.39 is 0 Å². The molecule has 28 heavy (non-hydrogen) atoms. The average molecular weight is 383 g/mol. The third kappa shape index (κ3) is 4.78.